The lowest BCUT2D eigenvalue weighted by Crippen LogP contribution is -2.31. The van der Waals surface area contributed by atoms with Crippen LogP contribution in [0.3, 0.4) is 0 Å². The van der Waals surface area contributed by atoms with E-state index in [1.165, 1.54) is 6.20 Å². The Morgan fingerprint density at radius 2 is 2.05 bits per heavy atom. The summed E-state index contributed by atoms with van der Waals surface area (Å²) in [7, 11) is -3.85. The average molecular weight is 310 g/mol. The molecular formula is C13H14N2O3S2. The van der Waals surface area contributed by atoms with Crippen molar-refractivity contribution in [3.63, 3.8) is 0 Å². The van der Waals surface area contributed by atoms with Crippen molar-refractivity contribution in [3.8, 4) is 0 Å². The van der Waals surface area contributed by atoms with Gasteiger partial charge in [0.25, 0.3) is 10.0 Å². The smallest absolute Gasteiger partial charge is 0.274 e. The summed E-state index contributed by atoms with van der Waals surface area (Å²) in [5.74, 6) is -0.566. The van der Waals surface area contributed by atoms with E-state index in [0.717, 1.165) is 28.0 Å². The van der Waals surface area contributed by atoms with Gasteiger partial charge in [-0.3, -0.25) is 4.79 Å². The van der Waals surface area contributed by atoms with Gasteiger partial charge in [0.05, 0.1) is 6.42 Å². The molecule has 0 radical (unpaired) electrons. The predicted octanol–water partition coefficient (Wildman–Crippen LogP) is 1.81. The van der Waals surface area contributed by atoms with E-state index in [4.69, 9.17) is 0 Å². The van der Waals surface area contributed by atoms with Crippen LogP contribution in [0.25, 0.3) is 0 Å². The van der Waals surface area contributed by atoms with Crippen LogP contribution >= 0.6 is 11.3 Å². The first kappa shape index (κ1) is 14.7. The van der Waals surface area contributed by atoms with Crippen LogP contribution in [0.4, 0.5) is 0 Å². The van der Waals surface area contributed by atoms with Crippen molar-refractivity contribution in [3.05, 3.63) is 46.5 Å². The number of sulfonamides is 1. The van der Waals surface area contributed by atoms with Crippen molar-refractivity contribution in [1.82, 2.24) is 9.71 Å². The maximum Gasteiger partial charge on any atom is 0.291 e. The molecule has 1 aromatic carbocycles. The van der Waals surface area contributed by atoms with Crippen LogP contribution in [-0.2, 0) is 21.2 Å². The van der Waals surface area contributed by atoms with Crippen LogP contribution in [0.1, 0.15) is 16.7 Å². The molecule has 0 saturated carbocycles. The van der Waals surface area contributed by atoms with Gasteiger partial charge in [0.2, 0.25) is 10.2 Å². The van der Waals surface area contributed by atoms with Crippen molar-refractivity contribution in [2.75, 3.05) is 0 Å². The Labute approximate surface area is 121 Å². The molecule has 106 valence electrons. The Morgan fingerprint density at radius 1 is 1.30 bits per heavy atom. The molecule has 0 fully saturated rings. The molecule has 1 N–H and O–H groups in total. The number of carbonyl (C=O) groups is 1. The number of aryl methyl sites for hydroxylation is 2. The van der Waals surface area contributed by atoms with Crippen molar-refractivity contribution >= 4 is 27.3 Å². The van der Waals surface area contributed by atoms with Crippen molar-refractivity contribution in [1.29, 1.82) is 0 Å². The van der Waals surface area contributed by atoms with Gasteiger partial charge in [-0.2, -0.15) is 8.42 Å². The minimum Gasteiger partial charge on any atom is -0.274 e. The monoisotopic (exact) mass is 310 g/mol. The zero-order valence-electron chi connectivity index (χ0n) is 11.1. The second kappa shape index (κ2) is 5.72. The molecule has 0 saturated heterocycles. The Bertz CT molecular complexity index is 722. The Balaban J connectivity index is 2.08. The highest BCUT2D eigenvalue weighted by Gasteiger charge is 2.20. The summed E-state index contributed by atoms with van der Waals surface area (Å²) >= 11 is 0.969. The Kier molecular flexibility index (Phi) is 4.20. The minimum absolute atomic E-state index is 0.0196. The fourth-order valence-electron chi connectivity index (χ4n) is 1.67. The molecule has 5 nitrogen and oxygen atoms in total. The molecule has 0 aliphatic heterocycles. The molecule has 1 aromatic heterocycles. The lowest BCUT2D eigenvalue weighted by atomic mass is 10.0. The van der Waals surface area contributed by atoms with Crippen LogP contribution < -0.4 is 4.72 Å². The second-order valence-corrected chi connectivity index (χ2v) is 7.17. The van der Waals surface area contributed by atoms with E-state index in [0.29, 0.717) is 0 Å². The zero-order valence-corrected chi connectivity index (χ0v) is 12.7. The largest absolute Gasteiger partial charge is 0.291 e. The molecule has 7 heteroatoms. The summed E-state index contributed by atoms with van der Waals surface area (Å²) in [6.45, 7) is 3.93. The molecule has 0 spiro atoms. The summed E-state index contributed by atoms with van der Waals surface area (Å²) < 4.78 is 25.6. The molecule has 0 aliphatic rings. The third-order valence-electron chi connectivity index (χ3n) is 2.82. The Morgan fingerprint density at radius 3 is 2.65 bits per heavy atom. The first-order valence-corrected chi connectivity index (χ1v) is 8.26. The fraction of sp³-hybridized carbons (Fsp3) is 0.231. The Hall–Kier alpha value is -1.73. The van der Waals surface area contributed by atoms with Crippen molar-refractivity contribution in [2.45, 2.75) is 24.6 Å². The number of benzene rings is 1. The molecule has 0 unspecified atom stereocenters. The van der Waals surface area contributed by atoms with E-state index in [9.17, 15) is 13.2 Å². The number of nitrogens with zero attached hydrogens (tertiary/aromatic N) is 1. The van der Waals surface area contributed by atoms with Gasteiger partial charge in [-0.25, -0.2) is 9.71 Å². The number of aromatic nitrogens is 1. The van der Waals surface area contributed by atoms with E-state index < -0.39 is 15.9 Å². The van der Waals surface area contributed by atoms with Gasteiger partial charge < -0.3 is 0 Å². The summed E-state index contributed by atoms with van der Waals surface area (Å²) in [5.41, 5.74) is 2.97. The quantitative estimate of drug-likeness (QED) is 0.934. The topological polar surface area (TPSA) is 76.1 Å². The maximum absolute atomic E-state index is 11.8. The predicted molar refractivity (Wildman–Crippen MR) is 77.1 cm³/mol. The number of carbonyl (C=O) groups excluding carboxylic acids is 1. The number of hydrogen-bond donors (Lipinski definition) is 1. The number of amides is 1. The molecule has 1 amide bonds. The first-order chi connectivity index (χ1) is 9.38. The van der Waals surface area contributed by atoms with Crippen LogP contribution in [0, 0.1) is 13.8 Å². The molecule has 0 aliphatic carbocycles. The molecule has 20 heavy (non-hydrogen) atoms. The lowest BCUT2D eigenvalue weighted by Gasteiger charge is -2.06. The SMILES string of the molecule is Cc1ccc(CC(=O)NS(=O)(=O)c2nccs2)cc1C. The third-order valence-corrected chi connectivity index (χ3v) is 5.40. The van der Waals surface area contributed by atoms with Gasteiger partial charge >= 0.3 is 0 Å². The standard InChI is InChI=1S/C13H14N2O3S2/c1-9-3-4-11(7-10(9)2)8-12(16)15-20(17,18)13-14-5-6-19-13/h3-7H,8H2,1-2H3,(H,15,16). The van der Waals surface area contributed by atoms with Crippen LogP contribution in [0.2, 0.25) is 0 Å². The number of nitrogens with one attached hydrogen (secondary N) is 1. The van der Waals surface area contributed by atoms with Gasteiger partial charge in [-0.05, 0) is 30.5 Å². The summed E-state index contributed by atoms with van der Waals surface area (Å²) in [6.07, 6.45) is 1.40. The highest BCUT2D eigenvalue weighted by Crippen LogP contribution is 2.13. The van der Waals surface area contributed by atoms with Crippen LogP contribution in [-0.4, -0.2) is 19.3 Å². The van der Waals surface area contributed by atoms with Crippen LogP contribution in [0.5, 0.6) is 0 Å². The molecule has 0 atom stereocenters. The van der Waals surface area contributed by atoms with Gasteiger partial charge in [0, 0.05) is 11.6 Å². The first-order valence-electron chi connectivity index (χ1n) is 5.90. The highest BCUT2D eigenvalue weighted by atomic mass is 32.2. The van der Waals surface area contributed by atoms with Gasteiger partial charge in [0.15, 0.2) is 0 Å². The third kappa shape index (κ3) is 3.43. The minimum atomic E-state index is -3.85. The molecule has 2 aromatic rings. The van der Waals surface area contributed by atoms with E-state index in [1.54, 1.807) is 5.38 Å². The molecule has 1 heterocycles. The lowest BCUT2D eigenvalue weighted by molar-refractivity contribution is -0.118. The summed E-state index contributed by atoms with van der Waals surface area (Å²) in [5, 5.41) is 1.54. The van der Waals surface area contributed by atoms with E-state index in [-0.39, 0.29) is 10.8 Å². The number of thiazole rings is 1. The molecule has 0 bridgehead atoms. The van der Waals surface area contributed by atoms with Crippen molar-refractivity contribution < 1.29 is 13.2 Å². The maximum atomic E-state index is 11.8. The average Bonchev–Trinajstić information content (AvgIpc) is 2.87. The molecular weight excluding hydrogens is 296 g/mol. The number of rotatable bonds is 4. The van der Waals surface area contributed by atoms with Gasteiger partial charge in [0.1, 0.15) is 0 Å². The van der Waals surface area contributed by atoms with Crippen molar-refractivity contribution in [2.24, 2.45) is 0 Å². The fourth-order valence-corrected chi connectivity index (χ4v) is 3.49. The normalized spacial score (nSPS) is 11.3. The molecule has 2 rings (SSSR count). The van der Waals surface area contributed by atoms with E-state index >= 15 is 0 Å². The summed E-state index contributed by atoms with van der Waals surface area (Å²) in [4.78, 5) is 15.5. The number of hydrogen-bond acceptors (Lipinski definition) is 5. The van der Waals surface area contributed by atoms with Gasteiger partial charge in [-0.1, -0.05) is 18.2 Å². The second-order valence-electron chi connectivity index (χ2n) is 4.42. The van der Waals surface area contributed by atoms with E-state index in [1.807, 2.05) is 36.8 Å². The highest BCUT2D eigenvalue weighted by molar-refractivity contribution is 7.92. The van der Waals surface area contributed by atoms with E-state index in [2.05, 4.69) is 4.98 Å². The summed E-state index contributed by atoms with van der Waals surface area (Å²) in [6, 6.07) is 5.61. The zero-order chi connectivity index (χ0) is 14.8. The van der Waals surface area contributed by atoms with Crippen LogP contribution in [0.15, 0.2) is 34.1 Å². The van der Waals surface area contributed by atoms with Gasteiger partial charge in [-0.15, -0.1) is 11.3 Å².